The van der Waals surface area contributed by atoms with Gasteiger partial charge in [0.05, 0.1) is 34.2 Å². The number of esters is 1. The second kappa shape index (κ2) is 9.54. The third-order valence-corrected chi connectivity index (χ3v) is 5.54. The highest BCUT2D eigenvalue weighted by molar-refractivity contribution is 6.33. The Morgan fingerprint density at radius 1 is 1.21 bits per heavy atom. The SMILES string of the molecule is CCOC(=O)c1cc(-c2ccc(/C=C3/C(C)=NN(c4cccc(C(=O)O)c4)C3O)o2)ccc1Cl. The summed E-state index contributed by atoms with van der Waals surface area (Å²) in [7, 11) is 0. The lowest BCUT2D eigenvalue weighted by molar-refractivity contribution is 0.0526. The number of benzene rings is 2. The summed E-state index contributed by atoms with van der Waals surface area (Å²) in [6.07, 6.45) is 0.541. The molecule has 2 heterocycles. The van der Waals surface area contributed by atoms with Gasteiger partial charge in [-0.25, -0.2) is 14.6 Å². The summed E-state index contributed by atoms with van der Waals surface area (Å²) in [6.45, 7) is 3.69. The molecule has 0 amide bonds. The molecule has 1 atom stereocenters. The van der Waals surface area contributed by atoms with E-state index in [9.17, 15) is 19.8 Å². The Bertz CT molecular complexity index is 1330. The molecule has 9 heteroatoms. The molecule has 2 N–H and O–H groups in total. The van der Waals surface area contributed by atoms with E-state index in [1.807, 2.05) is 0 Å². The van der Waals surface area contributed by atoms with Gasteiger partial charge in [0.15, 0.2) is 6.23 Å². The van der Waals surface area contributed by atoms with E-state index in [4.69, 9.17) is 20.8 Å². The minimum atomic E-state index is -1.12. The molecule has 0 spiro atoms. The average Bonchev–Trinajstić information content (AvgIpc) is 3.40. The molecule has 4 rings (SSSR count). The molecular weight excluding hydrogens is 460 g/mol. The maximum absolute atomic E-state index is 12.1. The van der Waals surface area contributed by atoms with Crippen LogP contribution in [0.5, 0.6) is 0 Å². The van der Waals surface area contributed by atoms with Crippen molar-refractivity contribution >= 4 is 41.0 Å². The van der Waals surface area contributed by atoms with Crippen LogP contribution in [-0.2, 0) is 4.74 Å². The van der Waals surface area contributed by atoms with Crippen molar-refractivity contribution in [3.8, 4) is 11.3 Å². The van der Waals surface area contributed by atoms with Gasteiger partial charge in [0.2, 0.25) is 0 Å². The average molecular weight is 481 g/mol. The molecule has 0 aliphatic carbocycles. The number of carboxylic acids is 1. The quantitative estimate of drug-likeness (QED) is 0.473. The van der Waals surface area contributed by atoms with Crippen LogP contribution in [0.1, 0.15) is 40.3 Å². The fraction of sp³-hybridized carbons (Fsp3) is 0.160. The number of hydrazone groups is 1. The monoisotopic (exact) mass is 480 g/mol. The number of aliphatic hydroxyl groups excluding tert-OH is 1. The van der Waals surface area contributed by atoms with Gasteiger partial charge in [0.1, 0.15) is 11.5 Å². The number of aromatic carboxylic acids is 1. The number of nitrogens with zero attached hydrogens (tertiary/aromatic N) is 2. The largest absolute Gasteiger partial charge is 0.478 e. The molecule has 0 saturated heterocycles. The molecule has 8 nitrogen and oxygen atoms in total. The number of hydrogen-bond acceptors (Lipinski definition) is 7. The molecule has 1 unspecified atom stereocenters. The van der Waals surface area contributed by atoms with E-state index < -0.39 is 18.2 Å². The number of halogens is 1. The van der Waals surface area contributed by atoms with Gasteiger partial charge in [0.25, 0.3) is 0 Å². The Hall–Kier alpha value is -3.88. The topological polar surface area (TPSA) is 113 Å². The predicted molar refractivity (Wildman–Crippen MR) is 128 cm³/mol. The van der Waals surface area contributed by atoms with Crippen molar-refractivity contribution in [1.29, 1.82) is 0 Å². The molecule has 0 fully saturated rings. The van der Waals surface area contributed by atoms with Crippen molar-refractivity contribution < 1.29 is 29.0 Å². The van der Waals surface area contributed by atoms with Crippen LogP contribution in [0.25, 0.3) is 17.4 Å². The van der Waals surface area contributed by atoms with Gasteiger partial charge in [-0.1, -0.05) is 17.7 Å². The number of ether oxygens (including phenoxy) is 1. The van der Waals surface area contributed by atoms with Crippen LogP contribution in [0.3, 0.4) is 0 Å². The number of carbonyl (C=O) groups excluding carboxylic acids is 1. The normalized spacial score (nSPS) is 16.6. The van der Waals surface area contributed by atoms with E-state index in [1.54, 1.807) is 62.4 Å². The second-order valence-corrected chi connectivity index (χ2v) is 7.88. The van der Waals surface area contributed by atoms with E-state index in [-0.39, 0.29) is 22.8 Å². The Morgan fingerprint density at radius 2 is 2.00 bits per heavy atom. The lowest BCUT2D eigenvalue weighted by Crippen LogP contribution is -2.27. The van der Waals surface area contributed by atoms with Gasteiger partial charge in [-0.3, -0.25) is 0 Å². The summed E-state index contributed by atoms with van der Waals surface area (Å²) >= 11 is 6.14. The van der Waals surface area contributed by atoms with E-state index >= 15 is 0 Å². The molecule has 2 aromatic carbocycles. The third kappa shape index (κ3) is 4.59. The number of carboxylic acid groups (broad SMARTS) is 1. The van der Waals surface area contributed by atoms with E-state index in [0.29, 0.717) is 34.1 Å². The van der Waals surface area contributed by atoms with Crippen LogP contribution in [-0.4, -0.2) is 40.7 Å². The van der Waals surface area contributed by atoms with E-state index in [2.05, 4.69) is 5.10 Å². The highest BCUT2D eigenvalue weighted by atomic mass is 35.5. The van der Waals surface area contributed by atoms with Crippen molar-refractivity contribution in [2.75, 3.05) is 11.6 Å². The minimum absolute atomic E-state index is 0.0933. The second-order valence-electron chi connectivity index (χ2n) is 7.48. The molecule has 0 saturated carbocycles. The zero-order valence-electron chi connectivity index (χ0n) is 18.4. The van der Waals surface area contributed by atoms with Crippen LogP contribution in [0.15, 0.2) is 69.7 Å². The molecule has 34 heavy (non-hydrogen) atoms. The Labute approximate surface area is 200 Å². The van der Waals surface area contributed by atoms with Crippen LogP contribution < -0.4 is 5.01 Å². The van der Waals surface area contributed by atoms with Crippen LogP contribution in [0, 0.1) is 0 Å². The Balaban J connectivity index is 1.60. The van der Waals surface area contributed by atoms with Gasteiger partial charge in [-0.05, 0) is 68.5 Å². The van der Waals surface area contributed by atoms with Gasteiger partial charge in [-0.15, -0.1) is 0 Å². The standard InChI is InChI=1S/C25H21ClN2O6/c1-3-33-25(32)20-12-15(7-9-21(20)26)22-10-8-18(34-22)13-19-14(2)27-28(23(19)29)17-6-4-5-16(11-17)24(30)31/h4-13,23,29H,3H2,1-2H3,(H,30,31)/b19-13-. The van der Waals surface area contributed by atoms with Gasteiger partial charge < -0.3 is 19.4 Å². The summed E-state index contributed by atoms with van der Waals surface area (Å²) < 4.78 is 11.0. The molecule has 1 aliphatic heterocycles. The first-order valence-electron chi connectivity index (χ1n) is 10.4. The minimum Gasteiger partial charge on any atom is -0.478 e. The Kier molecular flexibility index (Phi) is 6.54. The van der Waals surface area contributed by atoms with Crippen molar-refractivity contribution in [3.05, 3.63) is 82.1 Å². The fourth-order valence-electron chi connectivity index (χ4n) is 3.53. The summed E-state index contributed by atoms with van der Waals surface area (Å²) in [4.78, 5) is 23.4. The maximum atomic E-state index is 12.1. The third-order valence-electron chi connectivity index (χ3n) is 5.21. The zero-order chi connectivity index (χ0) is 24.4. The first kappa shape index (κ1) is 23.3. The summed E-state index contributed by atoms with van der Waals surface area (Å²) in [5, 5.41) is 26.1. The van der Waals surface area contributed by atoms with Crippen LogP contribution in [0.2, 0.25) is 5.02 Å². The molecule has 1 aromatic heterocycles. The van der Waals surface area contributed by atoms with Crippen molar-refractivity contribution in [1.82, 2.24) is 0 Å². The van der Waals surface area contributed by atoms with Gasteiger partial charge in [-0.2, -0.15) is 5.10 Å². The molecule has 3 aromatic rings. The molecule has 0 bridgehead atoms. The highest BCUT2D eigenvalue weighted by Gasteiger charge is 2.29. The summed E-state index contributed by atoms with van der Waals surface area (Å²) in [5.41, 5.74) is 2.48. The number of rotatable bonds is 6. The number of furan rings is 1. The highest BCUT2D eigenvalue weighted by Crippen LogP contribution is 2.31. The fourth-order valence-corrected chi connectivity index (χ4v) is 3.73. The summed E-state index contributed by atoms with van der Waals surface area (Å²) in [5.74, 6) is -0.616. The number of anilines is 1. The number of aliphatic hydroxyl groups is 1. The Morgan fingerprint density at radius 3 is 2.74 bits per heavy atom. The van der Waals surface area contributed by atoms with E-state index in [1.165, 1.54) is 17.1 Å². The van der Waals surface area contributed by atoms with Crippen molar-refractivity contribution in [3.63, 3.8) is 0 Å². The van der Waals surface area contributed by atoms with Crippen LogP contribution >= 0.6 is 11.6 Å². The predicted octanol–water partition coefficient (Wildman–Crippen LogP) is 5.07. The zero-order valence-corrected chi connectivity index (χ0v) is 19.1. The van der Waals surface area contributed by atoms with Crippen LogP contribution in [0.4, 0.5) is 5.69 Å². The summed E-state index contributed by atoms with van der Waals surface area (Å²) in [6, 6.07) is 14.6. The van der Waals surface area contributed by atoms with Gasteiger partial charge in [0, 0.05) is 11.1 Å². The first-order chi connectivity index (χ1) is 16.3. The number of hydrogen-bond donors (Lipinski definition) is 2. The first-order valence-corrected chi connectivity index (χ1v) is 10.8. The molecule has 174 valence electrons. The smallest absolute Gasteiger partial charge is 0.339 e. The van der Waals surface area contributed by atoms with E-state index in [0.717, 1.165) is 0 Å². The lowest BCUT2D eigenvalue weighted by Gasteiger charge is -2.19. The van der Waals surface area contributed by atoms with Crippen molar-refractivity contribution in [2.24, 2.45) is 5.10 Å². The van der Waals surface area contributed by atoms with Gasteiger partial charge >= 0.3 is 11.9 Å². The van der Waals surface area contributed by atoms with Crippen molar-refractivity contribution in [2.45, 2.75) is 20.1 Å². The molecule has 1 aliphatic rings. The molecule has 0 radical (unpaired) electrons. The lowest BCUT2D eigenvalue weighted by atomic mass is 10.1. The maximum Gasteiger partial charge on any atom is 0.339 e. The molecular formula is C25H21ClN2O6. The number of carbonyl (C=O) groups is 2.